The second-order valence-corrected chi connectivity index (χ2v) is 7.52. The van der Waals surface area contributed by atoms with Gasteiger partial charge in [0.1, 0.15) is 12.1 Å². The van der Waals surface area contributed by atoms with Crippen molar-refractivity contribution in [3.63, 3.8) is 0 Å². The van der Waals surface area contributed by atoms with Crippen LogP contribution in [0.15, 0.2) is 29.5 Å². The fourth-order valence-corrected chi connectivity index (χ4v) is 4.11. The van der Waals surface area contributed by atoms with Crippen molar-refractivity contribution in [2.75, 3.05) is 19.0 Å². The average molecular weight is 413 g/mol. The molecule has 2 aromatic rings. The Morgan fingerprint density at radius 2 is 2.03 bits per heavy atom. The van der Waals surface area contributed by atoms with Crippen molar-refractivity contribution in [3.8, 4) is 11.5 Å². The minimum absolute atomic E-state index is 0.0441. The fourth-order valence-electron chi connectivity index (χ4n) is 4.11. The molecule has 0 bridgehead atoms. The number of tetrazole rings is 1. The number of allylic oxidation sites excluding steroid dienone is 1. The molecule has 2 aliphatic rings. The van der Waals surface area contributed by atoms with Crippen LogP contribution < -0.4 is 14.8 Å². The third-order valence-corrected chi connectivity index (χ3v) is 5.56. The van der Waals surface area contributed by atoms with Crippen molar-refractivity contribution in [2.45, 2.75) is 58.1 Å². The van der Waals surface area contributed by atoms with Crippen molar-refractivity contribution in [1.82, 2.24) is 20.2 Å². The summed E-state index contributed by atoms with van der Waals surface area (Å²) < 4.78 is 18.6. The van der Waals surface area contributed by atoms with E-state index in [2.05, 4.69) is 20.8 Å². The van der Waals surface area contributed by atoms with E-state index in [0.717, 1.165) is 31.2 Å². The topological polar surface area (TPSA) is 100 Å². The standard InChI is InChI=1S/C21H27N5O4/c1-4-29-16-11-10-14(12-17(16)28-3)19-18(13(2)22-21-23-24-25-26(19)21)20(27)30-15-8-6-5-7-9-15/h10-12,15,19H,4-9H2,1-3H3,(H,22,23,25). The number of hydrogen-bond donors (Lipinski definition) is 1. The molecule has 1 aliphatic carbocycles. The minimum Gasteiger partial charge on any atom is -0.493 e. The van der Waals surface area contributed by atoms with Gasteiger partial charge in [-0.2, -0.15) is 4.68 Å². The zero-order valence-corrected chi connectivity index (χ0v) is 17.6. The molecule has 1 aromatic carbocycles. The third-order valence-electron chi connectivity index (χ3n) is 5.56. The van der Waals surface area contributed by atoms with Crippen LogP contribution in [-0.4, -0.2) is 46.0 Å². The molecule has 0 spiro atoms. The Labute approximate surface area is 175 Å². The normalized spacial score (nSPS) is 19.1. The molecule has 0 saturated heterocycles. The van der Waals surface area contributed by atoms with Gasteiger partial charge in [0.15, 0.2) is 11.5 Å². The summed E-state index contributed by atoms with van der Waals surface area (Å²) in [7, 11) is 1.59. The summed E-state index contributed by atoms with van der Waals surface area (Å²) in [5, 5.41) is 15.0. The number of fused-ring (bicyclic) bond motifs is 1. The zero-order valence-electron chi connectivity index (χ0n) is 17.6. The summed E-state index contributed by atoms with van der Waals surface area (Å²) in [5.74, 6) is 1.35. The Bertz CT molecular complexity index is 949. The highest BCUT2D eigenvalue weighted by Crippen LogP contribution is 2.39. The number of carbonyl (C=O) groups excluding carboxylic acids is 1. The van der Waals surface area contributed by atoms with Crippen LogP contribution in [0.5, 0.6) is 11.5 Å². The van der Waals surface area contributed by atoms with Crippen LogP contribution in [0.1, 0.15) is 57.6 Å². The van der Waals surface area contributed by atoms with E-state index in [9.17, 15) is 4.79 Å². The first-order valence-electron chi connectivity index (χ1n) is 10.4. The van der Waals surface area contributed by atoms with Gasteiger partial charge in [-0.3, -0.25) is 0 Å². The van der Waals surface area contributed by atoms with Gasteiger partial charge in [0.2, 0.25) is 5.95 Å². The first-order valence-corrected chi connectivity index (χ1v) is 10.4. The van der Waals surface area contributed by atoms with Crippen molar-refractivity contribution in [1.29, 1.82) is 0 Å². The lowest BCUT2D eigenvalue weighted by molar-refractivity contribution is -0.146. The van der Waals surface area contributed by atoms with Crippen LogP contribution in [0.4, 0.5) is 5.95 Å². The van der Waals surface area contributed by atoms with Crippen LogP contribution in [0.3, 0.4) is 0 Å². The molecule has 1 saturated carbocycles. The summed E-state index contributed by atoms with van der Waals surface area (Å²) in [6, 6.07) is 5.06. The summed E-state index contributed by atoms with van der Waals surface area (Å²) in [4.78, 5) is 13.3. The van der Waals surface area contributed by atoms with Crippen LogP contribution in [0.25, 0.3) is 0 Å². The fraction of sp³-hybridized carbons (Fsp3) is 0.524. The maximum absolute atomic E-state index is 13.3. The molecule has 9 nitrogen and oxygen atoms in total. The number of esters is 1. The average Bonchev–Trinajstić information content (AvgIpc) is 3.22. The van der Waals surface area contributed by atoms with Gasteiger partial charge in [-0.15, -0.1) is 0 Å². The lowest BCUT2D eigenvalue weighted by Crippen LogP contribution is -2.32. The van der Waals surface area contributed by atoms with Crippen molar-refractivity contribution in [2.24, 2.45) is 0 Å². The van der Waals surface area contributed by atoms with Gasteiger partial charge < -0.3 is 19.5 Å². The smallest absolute Gasteiger partial charge is 0.338 e. The SMILES string of the molecule is CCOc1ccc(C2C(C(=O)OC3CCCCC3)=C(C)Nc3nnnn32)cc1OC. The lowest BCUT2D eigenvalue weighted by atomic mass is 9.94. The summed E-state index contributed by atoms with van der Waals surface area (Å²) >= 11 is 0. The molecule has 0 amide bonds. The van der Waals surface area contributed by atoms with Gasteiger partial charge in [-0.25, -0.2) is 4.79 Å². The second-order valence-electron chi connectivity index (χ2n) is 7.52. The Hall–Kier alpha value is -3.10. The number of rotatable bonds is 6. The molecular weight excluding hydrogens is 386 g/mol. The zero-order chi connectivity index (χ0) is 21.1. The Morgan fingerprint density at radius 3 is 2.77 bits per heavy atom. The maximum atomic E-state index is 13.3. The van der Waals surface area contributed by atoms with Gasteiger partial charge in [0.25, 0.3) is 0 Å². The van der Waals surface area contributed by atoms with E-state index in [4.69, 9.17) is 14.2 Å². The molecular formula is C21H27N5O4. The molecule has 4 rings (SSSR count). The van der Waals surface area contributed by atoms with Crippen molar-refractivity contribution >= 4 is 11.9 Å². The molecule has 1 aromatic heterocycles. The predicted molar refractivity (Wildman–Crippen MR) is 109 cm³/mol. The highest BCUT2D eigenvalue weighted by molar-refractivity contribution is 5.92. The summed E-state index contributed by atoms with van der Waals surface area (Å²) in [6.45, 7) is 4.28. The number of ether oxygens (including phenoxy) is 3. The number of hydrogen-bond acceptors (Lipinski definition) is 8. The van der Waals surface area contributed by atoms with E-state index in [1.54, 1.807) is 11.8 Å². The number of nitrogens with one attached hydrogen (secondary N) is 1. The molecule has 30 heavy (non-hydrogen) atoms. The lowest BCUT2D eigenvalue weighted by Gasteiger charge is -2.29. The van der Waals surface area contributed by atoms with Crippen molar-refractivity contribution < 1.29 is 19.0 Å². The number of aromatic nitrogens is 4. The quantitative estimate of drug-likeness (QED) is 0.721. The number of anilines is 1. The highest BCUT2D eigenvalue weighted by atomic mass is 16.5. The van der Waals surface area contributed by atoms with E-state index < -0.39 is 6.04 Å². The first kappa shape index (κ1) is 20.2. The number of methoxy groups -OCH3 is 1. The molecule has 9 heteroatoms. The third kappa shape index (κ3) is 3.83. The molecule has 160 valence electrons. The maximum Gasteiger partial charge on any atom is 0.338 e. The largest absolute Gasteiger partial charge is 0.493 e. The summed E-state index contributed by atoms with van der Waals surface area (Å²) in [6.07, 6.45) is 5.14. The highest BCUT2D eigenvalue weighted by Gasteiger charge is 2.36. The molecule has 1 unspecified atom stereocenters. The molecule has 0 radical (unpaired) electrons. The van der Waals surface area contributed by atoms with E-state index >= 15 is 0 Å². The first-order chi connectivity index (χ1) is 14.6. The number of carbonyl (C=O) groups is 1. The molecule has 1 aliphatic heterocycles. The van der Waals surface area contributed by atoms with Crippen LogP contribution in [0, 0.1) is 0 Å². The van der Waals surface area contributed by atoms with Crippen LogP contribution in [-0.2, 0) is 9.53 Å². The Balaban J connectivity index is 1.72. The van der Waals surface area contributed by atoms with E-state index in [1.807, 2.05) is 32.0 Å². The van der Waals surface area contributed by atoms with E-state index in [-0.39, 0.29) is 12.1 Å². The van der Waals surface area contributed by atoms with Crippen LogP contribution in [0.2, 0.25) is 0 Å². The van der Waals surface area contributed by atoms with Crippen molar-refractivity contribution in [3.05, 3.63) is 35.0 Å². The van der Waals surface area contributed by atoms with Gasteiger partial charge in [-0.05, 0) is 67.7 Å². The van der Waals surface area contributed by atoms with Gasteiger partial charge in [-0.1, -0.05) is 17.6 Å². The monoisotopic (exact) mass is 413 g/mol. The number of benzene rings is 1. The predicted octanol–water partition coefficient (Wildman–Crippen LogP) is 3.25. The van der Waals surface area contributed by atoms with Gasteiger partial charge in [0, 0.05) is 5.70 Å². The minimum atomic E-state index is -0.531. The van der Waals surface area contributed by atoms with E-state index in [1.165, 1.54) is 6.42 Å². The molecule has 1 fully saturated rings. The van der Waals surface area contributed by atoms with Gasteiger partial charge >= 0.3 is 5.97 Å². The van der Waals surface area contributed by atoms with Gasteiger partial charge in [0.05, 0.1) is 19.3 Å². The second kappa shape index (κ2) is 8.73. The summed E-state index contributed by atoms with van der Waals surface area (Å²) in [5.41, 5.74) is 1.97. The van der Waals surface area contributed by atoms with Crippen LogP contribution >= 0.6 is 0 Å². The molecule has 1 atom stereocenters. The number of nitrogens with zero attached hydrogens (tertiary/aromatic N) is 4. The Morgan fingerprint density at radius 1 is 1.23 bits per heavy atom. The van der Waals surface area contributed by atoms with E-state index in [0.29, 0.717) is 35.3 Å². The Kier molecular flexibility index (Phi) is 5.87. The molecule has 2 heterocycles. The molecule has 1 N–H and O–H groups in total.